The number of carbonyl (C=O) groups is 1. The van der Waals surface area contributed by atoms with E-state index in [9.17, 15) is 4.79 Å². The Balaban J connectivity index is 1.19. The second-order valence-electron chi connectivity index (χ2n) is 8.17. The molecule has 2 heterocycles. The van der Waals surface area contributed by atoms with Crippen LogP contribution in [0.25, 0.3) is 11.4 Å². The largest absolute Gasteiger partial charge is 0.356 e. The van der Waals surface area contributed by atoms with E-state index in [1.165, 1.54) is 0 Å². The molecular formula is C24H25Cl3N4O2. The van der Waals surface area contributed by atoms with Gasteiger partial charge in [-0.3, -0.25) is 9.69 Å². The molecule has 33 heavy (non-hydrogen) atoms. The average molecular weight is 508 g/mol. The predicted octanol–water partition coefficient (Wildman–Crippen LogP) is 5.66. The Hall–Kier alpha value is -2.12. The topological polar surface area (TPSA) is 71.3 Å². The standard InChI is InChI=1S/C24H25Cl3N4O2/c25-18-7-8-19(21(27)14-18)23-29-22(33-30-23)15-31-12-9-17(10-13-31)24(32)28-11-3-5-16-4-1-2-6-20(16)26/h1-2,4,6-8,14,17H,3,5,9-13,15H2,(H,28,32). The molecule has 0 spiro atoms. The van der Waals surface area contributed by atoms with Crippen LogP contribution in [0, 0.1) is 5.92 Å². The summed E-state index contributed by atoms with van der Waals surface area (Å²) in [7, 11) is 0. The van der Waals surface area contributed by atoms with Crippen molar-refractivity contribution in [2.75, 3.05) is 19.6 Å². The van der Waals surface area contributed by atoms with Crippen molar-refractivity contribution in [2.45, 2.75) is 32.2 Å². The summed E-state index contributed by atoms with van der Waals surface area (Å²) in [6, 6.07) is 13.0. The number of benzene rings is 2. The maximum atomic E-state index is 12.5. The minimum atomic E-state index is 0.0349. The van der Waals surface area contributed by atoms with Gasteiger partial charge in [-0.15, -0.1) is 0 Å². The zero-order valence-corrected chi connectivity index (χ0v) is 20.3. The van der Waals surface area contributed by atoms with Crippen molar-refractivity contribution < 1.29 is 9.32 Å². The van der Waals surface area contributed by atoms with Gasteiger partial charge in [0, 0.05) is 28.1 Å². The molecule has 1 amide bonds. The summed E-state index contributed by atoms with van der Waals surface area (Å²) < 4.78 is 5.41. The third-order valence-electron chi connectivity index (χ3n) is 5.84. The Morgan fingerprint density at radius 3 is 2.64 bits per heavy atom. The zero-order valence-electron chi connectivity index (χ0n) is 18.1. The number of piperidine rings is 1. The molecule has 1 aromatic heterocycles. The lowest BCUT2D eigenvalue weighted by molar-refractivity contribution is -0.126. The summed E-state index contributed by atoms with van der Waals surface area (Å²) in [6.07, 6.45) is 3.33. The third kappa shape index (κ3) is 6.48. The van der Waals surface area contributed by atoms with Crippen LogP contribution in [0.15, 0.2) is 47.0 Å². The number of rotatable bonds is 8. The van der Waals surface area contributed by atoms with Crippen molar-refractivity contribution in [2.24, 2.45) is 5.92 Å². The van der Waals surface area contributed by atoms with Crippen molar-refractivity contribution in [3.05, 3.63) is 69.0 Å². The first kappa shape index (κ1) is 24.0. The quantitative estimate of drug-likeness (QED) is 0.399. The third-order valence-corrected chi connectivity index (χ3v) is 6.75. The van der Waals surface area contributed by atoms with Gasteiger partial charge in [0.05, 0.1) is 11.6 Å². The van der Waals surface area contributed by atoms with Gasteiger partial charge in [0.15, 0.2) is 0 Å². The molecule has 9 heteroatoms. The molecule has 0 bridgehead atoms. The van der Waals surface area contributed by atoms with Gasteiger partial charge in [0.2, 0.25) is 17.6 Å². The van der Waals surface area contributed by atoms with Crippen LogP contribution >= 0.6 is 34.8 Å². The van der Waals surface area contributed by atoms with Crippen LogP contribution in [0.3, 0.4) is 0 Å². The highest BCUT2D eigenvalue weighted by Crippen LogP contribution is 2.28. The van der Waals surface area contributed by atoms with E-state index in [4.69, 9.17) is 39.3 Å². The van der Waals surface area contributed by atoms with Crippen LogP contribution in [0.4, 0.5) is 0 Å². The predicted molar refractivity (Wildman–Crippen MR) is 131 cm³/mol. The van der Waals surface area contributed by atoms with Gasteiger partial charge in [-0.05, 0) is 68.6 Å². The summed E-state index contributed by atoms with van der Waals surface area (Å²) in [5.74, 6) is 1.13. The minimum Gasteiger partial charge on any atom is -0.356 e. The van der Waals surface area contributed by atoms with Gasteiger partial charge in [-0.25, -0.2) is 0 Å². The summed E-state index contributed by atoms with van der Waals surface area (Å²) in [4.78, 5) is 19.2. The lowest BCUT2D eigenvalue weighted by Crippen LogP contribution is -2.40. The Kier molecular flexibility index (Phi) is 8.25. The van der Waals surface area contributed by atoms with E-state index in [1.54, 1.807) is 18.2 Å². The van der Waals surface area contributed by atoms with Gasteiger partial charge < -0.3 is 9.84 Å². The van der Waals surface area contributed by atoms with Gasteiger partial charge in [-0.1, -0.05) is 58.2 Å². The fraction of sp³-hybridized carbons (Fsp3) is 0.375. The Labute approximate surface area is 208 Å². The number of carbonyl (C=O) groups excluding carboxylic acids is 1. The number of hydrogen-bond acceptors (Lipinski definition) is 5. The van der Waals surface area contributed by atoms with E-state index < -0.39 is 0 Å². The van der Waals surface area contributed by atoms with E-state index in [0.717, 1.165) is 49.4 Å². The van der Waals surface area contributed by atoms with Gasteiger partial charge >= 0.3 is 0 Å². The van der Waals surface area contributed by atoms with E-state index in [2.05, 4.69) is 20.4 Å². The van der Waals surface area contributed by atoms with E-state index in [1.807, 2.05) is 24.3 Å². The molecule has 1 fully saturated rings. The maximum absolute atomic E-state index is 12.5. The lowest BCUT2D eigenvalue weighted by Gasteiger charge is -2.30. The van der Waals surface area contributed by atoms with Crippen molar-refractivity contribution in [1.82, 2.24) is 20.4 Å². The van der Waals surface area contributed by atoms with Crippen LogP contribution in [0.2, 0.25) is 15.1 Å². The van der Waals surface area contributed by atoms with Crippen LogP contribution in [0.1, 0.15) is 30.7 Å². The monoisotopic (exact) mass is 506 g/mol. The molecule has 0 saturated carbocycles. The Morgan fingerprint density at radius 2 is 1.88 bits per heavy atom. The van der Waals surface area contributed by atoms with E-state index in [0.29, 0.717) is 40.4 Å². The molecule has 2 aromatic carbocycles. The highest BCUT2D eigenvalue weighted by Gasteiger charge is 2.26. The molecule has 0 atom stereocenters. The molecule has 4 rings (SSSR count). The molecule has 0 aliphatic carbocycles. The smallest absolute Gasteiger partial charge is 0.241 e. The molecule has 1 N–H and O–H groups in total. The minimum absolute atomic E-state index is 0.0349. The number of nitrogens with zero attached hydrogens (tertiary/aromatic N) is 3. The fourth-order valence-corrected chi connectivity index (χ4v) is 4.70. The number of aromatic nitrogens is 2. The average Bonchev–Trinajstić information content (AvgIpc) is 3.26. The van der Waals surface area contributed by atoms with Crippen molar-refractivity contribution in [3.8, 4) is 11.4 Å². The van der Waals surface area contributed by atoms with E-state index >= 15 is 0 Å². The molecule has 6 nitrogen and oxygen atoms in total. The Bertz CT molecular complexity index is 1100. The molecule has 1 saturated heterocycles. The maximum Gasteiger partial charge on any atom is 0.241 e. The summed E-state index contributed by atoms with van der Waals surface area (Å²) in [6.45, 7) is 2.81. The summed E-state index contributed by atoms with van der Waals surface area (Å²) >= 11 is 18.4. The molecular weight excluding hydrogens is 483 g/mol. The van der Waals surface area contributed by atoms with Crippen molar-refractivity contribution >= 4 is 40.7 Å². The first-order valence-corrected chi connectivity index (χ1v) is 12.1. The fourth-order valence-electron chi connectivity index (χ4n) is 3.98. The highest BCUT2D eigenvalue weighted by molar-refractivity contribution is 6.36. The summed E-state index contributed by atoms with van der Waals surface area (Å²) in [5, 5.41) is 8.93. The molecule has 3 aromatic rings. The van der Waals surface area contributed by atoms with Crippen LogP contribution in [-0.4, -0.2) is 40.6 Å². The number of halogens is 3. The van der Waals surface area contributed by atoms with Crippen LogP contribution < -0.4 is 5.32 Å². The number of nitrogens with one attached hydrogen (secondary N) is 1. The number of aryl methyl sites for hydroxylation is 1. The van der Waals surface area contributed by atoms with Crippen LogP contribution in [-0.2, 0) is 17.8 Å². The van der Waals surface area contributed by atoms with Gasteiger partial charge in [0.25, 0.3) is 0 Å². The highest BCUT2D eigenvalue weighted by atomic mass is 35.5. The van der Waals surface area contributed by atoms with Gasteiger partial charge in [0.1, 0.15) is 0 Å². The number of hydrogen-bond donors (Lipinski definition) is 1. The Morgan fingerprint density at radius 1 is 1.09 bits per heavy atom. The molecule has 1 aliphatic rings. The SMILES string of the molecule is O=C(NCCCc1ccccc1Cl)C1CCN(Cc2nc(-c3ccc(Cl)cc3Cl)no2)CC1. The number of likely N-dealkylation sites (tertiary alicyclic amines) is 1. The molecule has 0 unspecified atom stereocenters. The van der Waals surface area contributed by atoms with Gasteiger partial charge in [-0.2, -0.15) is 4.98 Å². The first-order valence-electron chi connectivity index (χ1n) is 11.0. The number of amides is 1. The lowest BCUT2D eigenvalue weighted by atomic mass is 9.96. The zero-order chi connectivity index (χ0) is 23.2. The summed E-state index contributed by atoms with van der Waals surface area (Å²) in [5.41, 5.74) is 1.80. The van der Waals surface area contributed by atoms with Crippen molar-refractivity contribution in [3.63, 3.8) is 0 Å². The van der Waals surface area contributed by atoms with Crippen molar-refractivity contribution in [1.29, 1.82) is 0 Å². The van der Waals surface area contributed by atoms with Crippen LogP contribution in [0.5, 0.6) is 0 Å². The first-order chi connectivity index (χ1) is 16.0. The second-order valence-corrected chi connectivity index (χ2v) is 9.42. The molecule has 0 radical (unpaired) electrons. The normalized spacial score (nSPS) is 15.0. The second kappa shape index (κ2) is 11.3. The van der Waals surface area contributed by atoms with E-state index in [-0.39, 0.29) is 11.8 Å². The molecule has 174 valence electrons. The molecule has 1 aliphatic heterocycles.